The predicted molar refractivity (Wildman–Crippen MR) is 101 cm³/mol. The number of aromatic nitrogens is 3. The average Bonchev–Trinajstić information content (AvgIpc) is 3.31. The summed E-state index contributed by atoms with van der Waals surface area (Å²) in [4.78, 5) is 26.1. The molecule has 9 heteroatoms. The van der Waals surface area contributed by atoms with Gasteiger partial charge in [-0.1, -0.05) is 11.8 Å². The molecule has 0 saturated heterocycles. The Morgan fingerprint density at radius 2 is 2.04 bits per heavy atom. The summed E-state index contributed by atoms with van der Waals surface area (Å²) in [5.41, 5.74) is 1.17. The van der Waals surface area contributed by atoms with E-state index in [9.17, 15) is 9.59 Å². The summed E-state index contributed by atoms with van der Waals surface area (Å²) >= 11 is 1.30. The van der Waals surface area contributed by atoms with Crippen molar-refractivity contribution < 1.29 is 14.0 Å². The number of furan rings is 1. The van der Waals surface area contributed by atoms with Crippen LogP contribution in [-0.4, -0.2) is 44.3 Å². The van der Waals surface area contributed by atoms with Crippen molar-refractivity contribution in [1.82, 2.24) is 19.7 Å². The molecular formula is C18H19N5O3S. The standard InChI is InChI=1S/C18H19N5O3S/c1-22(10-15-4-3-9-26-15)17(25)13-5-7-14(8-6-13)20-16(24)11-27-18-21-19-12-23(18)2/h3-9,12H,10-11H2,1-2H3,(H,20,24). The maximum atomic E-state index is 12.4. The third-order valence-corrected chi connectivity index (χ3v) is 4.77. The largest absolute Gasteiger partial charge is 0.467 e. The zero-order valence-corrected chi connectivity index (χ0v) is 15.8. The third-order valence-electron chi connectivity index (χ3n) is 3.74. The number of carbonyl (C=O) groups excluding carboxylic acids is 2. The molecule has 1 aromatic carbocycles. The molecule has 27 heavy (non-hydrogen) atoms. The first-order chi connectivity index (χ1) is 13.0. The van der Waals surface area contributed by atoms with Crippen molar-refractivity contribution in [2.24, 2.45) is 7.05 Å². The Labute approximate surface area is 160 Å². The van der Waals surface area contributed by atoms with Crippen LogP contribution in [0.3, 0.4) is 0 Å². The van der Waals surface area contributed by atoms with Gasteiger partial charge in [0, 0.05) is 25.3 Å². The van der Waals surface area contributed by atoms with Crippen LogP contribution in [0.15, 0.2) is 58.6 Å². The molecule has 2 heterocycles. The highest BCUT2D eigenvalue weighted by Crippen LogP contribution is 2.16. The van der Waals surface area contributed by atoms with Gasteiger partial charge in [-0.15, -0.1) is 10.2 Å². The van der Waals surface area contributed by atoms with E-state index in [4.69, 9.17) is 4.42 Å². The number of hydrogen-bond acceptors (Lipinski definition) is 6. The molecule has 0 saturated carbocycles. The van der Waals surface area contributed by atoms with Crippen molar-refractivity contribution in [3.8, 4) is 0 Å². The summed E-state index contributed by atoms with van der Waals surface area (Å²) in [7, 11) is 3.53. The van der Waals surface area contributed by atoms with Crippen LogP contribution < -0.4 is 5.32 Å². The molecule has 0 aliphatic heterocycles. The lowest BCUT2D eigenvalue weighted by Crippen LogP contribution is -2.26. The molecule has 8 nitrogen and oxygen atoms in total. The molecule has 0 aliphatic rings. The number of carbonyl (C=O) groups is 2. The zero-order chi connectivity index (χ0) is 19.2. The highest BCUT2D eigenvalue weighted by molar-refractivity contribution is 7.99. The van der Waals surface area contributed by atoms with Crippen LogP contribution >= 0.6 is 11.8 Å². The fourth-order valence-electron chi connectivity index (χ4n) is 2.36. The normalized spacial score (nSPS) is 10.6. The first-order valence-electron chi connectivity index (χ1n) is 8.17. The van der Waals surface area contributed by atoms with E-state index in [-0.39, 0.29) is 17.6 Å². The number of nitrogens with zero attached hydrogens (tertiary/aromatic N) is 4. The number of nitrogens with one attached hydrogen (secondary N) is 1. The lowest BCUT2D eigenvalue weighted by atomic mass is 10.2. The van der Waals surface area contributed by atoms with Crippen molar-refractivity contribution in [3.05, 3.63) is 60.3 Å². The van der Waals surface area contributed by atoms with E-state index in [0.29, 0.717) is 23.0 Å². The zero-order valence-electron chi connectivity index (χ0n) is 15.0. The molecular weight excluding hydrogens is 366 g/mol. The Morgan fingerprint density at radius 1 is 1.26 bits per heavy atom. The van der Waals surface area contributed by atoms with Crippen LogP contribution in [0.25, 0.3) is 0 Å². The molecule has 0 atom stereocenters. The van der Waals surface area contributed by atoms with Crippen LogP contribution in [0.2, 0.25) is 0 Å². The summed E-state index contributed by atoms with van der Waals surface area (Å²) in [5, 5.41) is 11.2. The van der Waals surface area contributed by atoms with Crippen LogP contribution in [0.4, 0.5) is 5.69 Å². The Hall–Kier alpha value is -3.07. The summed E-state index contributed by atoms with van der Waals surface area (Å²) in [5.74, 6) is 0.660. The van der Waals surface area contributed by atoms with Crippen molar-refractivity contribution in [3.63, 3.8) is 0 Å². The van der Waals surface area contributed by atoms with Gasteiger partial charge in [0.05, 0.1) is 18.6 Å². The molecule has 0 bridgehead atoms. The van der Waals surface area contributed by atoms with Gasteiger partial charge in [-0.25, -0.2) is 0 Å². The van der Waals surface area contributed by atoms with Gasteiger partial charge in [-0.3, -0.25) is 9.59 Å². The van der Waals surface area contributed by atoms with Gasteiger partial charge >= 0.3 is 0 Å². The highest BCUT2D eigenvalue weighted by Gasteiger charge is 2.13. The van der Waals surface area contributed by atoms with Crippen molar-refractivity contribution in [2.45, 2.75) is 11.7 Å². The number of thioether (sulfide) groups is 1. The molecule has 3 rings (SSSR count). The second kappa shape index (κ2) is 8.54. The number of rotatable bonds is 7. The quantitative estimate of drug-likeness (QED) is 0.628. The summed E-state index contributed by atoms with van der Waals surface area (Å²) in [6.07, 6.45) is 3.16. The van der Waals surface area contributed by atoms with Crippen molar-refractivity contribution in [2.75, 3.05) is 18.1 Å². The molecule has 0 unspecified atom stereocenters. The maximum absolute atomic E-state index is 12.4. The Bertz CT molecular complexity index is 905. The summed E-state index contributed by atoms with van der Waals surface area (Å²) < 4.78 is 7.00. The second-order valence-electron chi connectivity index (χ2n) is 5.88. The van der Waals surface area contributed by atoms with Gasteiger partial charge in [0.15, 0.2) is 5.16 Å². The van der Waals surface area contributed by atoms with Gasteiger partial charge in [-0.2, -0.15) is 0 Å². The van der Waals surface area contributed by atoms with E-state index in [0.717, 1.165) is 5.76 Å². The first-order valence-corrected chi connectivity index (χ1v) is 9.16. The monoisotopic (exact) mass is 385 g/mol. The third kappa shape index (κ3) is 4.98. The smallest absolute Gasteiger partial charge is 0.254 e. The minimum atomic E-state index is -0.156. The first kappa shape index (κ1) is 18.7. The van der Waals surface area contributed by atoms with Crippen LogP contribution in [0.5, 0.6) is 0 Å². The van der Waals surface area contributed by atoms with Gasteiger partial charge < -0.3 is 19.2 Å². The number of benzene rings is 1. The highest BCUT2D eigenvalue weighted by atomic mass is 32.2. The maximum Gasteiger partial charge on any atom is 0.254 e. The van der Waals surface area contributed by atoms with Crippen molar-refractivity contribution >= 4 is 29.3 Å². The van der Waals surface area contributed by atoms with Gasteiger partial charge in [0.2, 0.25) is 5.91 Å². The number of anilines is 1. The SMILES string of the molecule is CN(Cc1ccco1)C(=O)c1ccc(NC(=O)CSc2nncn2C)cc1. The Balaban J connectivity index is 1.52. The second-order valence-corrected chi connectivity index (χ2v) is 6.82. The Kier molecular flexibility index (Phi) is 5.92. The summed E-state index contributed by atoms with van der Waals surface area (Å²) in [6, 6.07) is 10.4. The lowest BCUT2D eigenvalue weighted by molar-refractivity contribution is -0.113. The molecule has 3 aromatic rings. The van der Waals surface area contributed by atoms with E-state index in [1.54, 1.807) is 59.4 Å². The van der Waals surface area contributed by atoms with E-state index >= 15 is 0 Å². The minimum absolute atomic E-state index is 0.123. The lowest BCUT2D eigenvalue weighted by Gasteiger charge is -2.16. The minimum Gasteiger partial charge on any atom is -0.467 e. The number of aryl methyl sites for hydroxylation is 1. The van der Waals surface area contributed by atoms with E-state index in [1.165, 1.54) is 11.8 Å². The average molecular weight is 385 g/mol. The van der Waals surface area contributed by atoms with E-state index in [1.807, 2.05) is 13.1 Å². The van der Waals surface area contributed by atoms with E-state index in [2.05, 4.69) is 15.5 Å². The molecule has 140 valence electrons. The van der Waals surface area contributed by atoms with E-state index < -0.39 is 0 Å². The fourth-order valence-corrected chi connectivity index (χ4v) is 3.04. The number of amides is 2. The van der Waals surface area contributed by atoms with Gasteiger partial charge in [-0.05, 0) is 36.4 Å². The van der Waals surface area contributed by atoms with Gasteiger partial charge in [0.1, 0.15) is 12.1 Å². The fraction of sp³-hybridized carbons (Fsp3) is 0.222. The molecule has 0 fully saturated rings. The van der Waals surface area contributed by atoms with Gasteiger partial charge in [0.25, 0.3) is 5.91 Å². The topological polar surface area (TPSA) is 93.3 Å². The molecule has 0 radical (unpaired) electrons. The van der Waals surface area contributed by atoms with Crippen LogP contribution in [0, 0.1) is 0 Å². The van der Waals surface area contributed by atoms with Crippen LogP contribution in [-0.2, 0) is 18.4 Å². The molecule has 1 N–H and O–H groups in total. The Morgan fingerprint density at radius 3 is 2.67 bits per heavy atom. The molecule has 0 spiro atoms. The summed E-state index contributed by atoms with van der Waals surface area (Å²) in [6.45, 7) is 0.392. The van der Waals surface area contributed by atoms with Crippen molar-refractivity contribution in [1.29, 1.82) is 0 Å². The molecule has 2 amide bonds. The van der Waals surface area contributed by atoms with Crippen LogP contribution in [0.1, 0.15) is 16.1 Å². The molecule has 0 aliphatic carbocycles. The predicted octanol–water partition coefficient (Wildman–Crippen LogP) is 2.41. The molecule has 2 aromatic heterocycles. The number of hydrogen-bond donors (Lipinski definition) is 1.